The average molecular weight is 287 g/mol. The molecule has 0 amide bonds. The van der Waals surface area contributed by atoms with Crippen molar-refractivity contribution in [1.29, 1.82) is 0 Å². The Bertz CT molecular complexity index is 653. The molecule has 0 spiro atoms. The van der Waals surface area contributed by atoms with Crippen molar-refractivity contribution in [3.05, 3.63) is 47.2 Å². The van der Waals surface area contributed by atoms with Crippen LogP contribution >= 0.6 is 0 Å². The summed E-state index contributed by atoms with van der Waals surface area (Å²) in [4.78, 5) is 13.5. The summed E-state index contributed by atoms with van der Waals surface area (Å²) in [6, 6.07) is 7.03. The van der Waals surface area contributed by atoms with Gasteiger partial charge in [0.1, 0.15) is 6.04 Å². The lowest BCUT2D eigenvalue weighted by atomic mass is 9.92. The zero-order valence-electron chi connectivity index (χ0n) is 11.8. The summed E-state index contributed by atoms with van der Waals surface area (Å²) < 4.78 is 5.49. The number of benzene rings is 1. The van der Waals surface area contributed by atoms with Gasteiger partial charge < -0.3 is 9.52 Å². The van der Waals surface area contributed by atoms with Gasteiger partial charge in [-0.1, -0.05) is 31.2 Å². The molecule has 1 unspecified atom stereocenters. The summed E-state index contributed by atoms with van der Waals surface area (Å²) in [5, 5.41) is 17.5. The fourth-order valence-electron chi connectivity index (χ4n) is 2.75. The lowest BCUT2D eigenvalue weighted by molar-refractivity contribution is -0.144. The van der Waals surface area contributed by atoms with Crippen LogP contribution in [-0.4, -0.2) is 32.7 Å². The molecular weight excluding hydrogens is 270 g/mol. The third-order valence-electron chi connectivity index (χ3n) is 3.77. The van der Waals surface area contributed by atoms with E-state index in [0.29, 0.717) is 31.3 Å². The monoisotopic (exact) mass is 287 g/mol. The Kier molecular flexibility index (Phi) is 3.70. The van der Waals surface area contributed by atoms with Crippen LogP contribution in [0.15, 0.2) is 28.7 Å². The van der Waals surface area contributed by atoms with Gasteiger partial charge in [-0.15, -0.1) is 10.2 Å². The van der Waals surface area contributed by atoms with Crippen molar-refractivity contribution in [2.45, 2.75) is 32.4 Å². The molecule has 1 aliphatic rings. The highest BCUT2D eigenvalue weighted by atomic mass is 16.4. The number of rotatable bonds is 4. The number of nitrogens with zero attached hydrogens (tertiary/aromatic N) is 3. The molecule has 2 heterocycles. The van der Waals surface area contributed by atoms with Gasteiger partial charge in [0.15, 0.2) is 0 Å². The van der Waals surface area contributed by atoms with Crippen LogP contribution in [0.3, 0.4) is 0 Å². The SMILES string of the molecule is CCc1nnc(CN2CCc3ccccc3C2C(=O)O)o1. The first kappa shape index (κ1) is 13.8. The number of fused-ring (bicyclic) bond motifs is 1. The second-order valence-corrected chi connectivity index (χ2v) is 5.10. The van der Waals surface area contributed by atoms with Crippen molar-refractivity contribution in [3.8, 4) is 0 Å². The van der Waals surface area contributed by atoms with Crippen molar-refractivity contribution in [3.63, 3.8) is 0 Å². The highest BCUT2D eigenvalue weighted by Crippen LogP contribution is 2.30. The van der Waals surface area contributed by atoms with E-state index < -0.39 is 12.0 Å². The van der Waals surface area contributed by atoms with Crippen molar-refractivity contribution in [1.82, 2.24) is 15.1 Å². The molecule has 0 radical (unpaired) electrons. The lowest BCUT2D eigenvalue weighted by Gasteiger charge is -2.33. The van der Waals surface area contributed by atoms with Crippen molar-refractivity contribution < 1.29 is 14.3 Å². The number of hydrogen-bond donors (Lipinski definition) is 1. The molecule has 2 aromatic rings. The van der Waals surface area contributed by atoms with E-state index in [4.69, 9.17) is 4.42 Å². The van der Waals surface area contributed by atoms with Crippen LogP contribution in [-0.2, 0) is 24.2 Å². The molecule has 21 heavy (non-hydrogen) atoms. The van der Waals surface area contributed by atoms with Crippen LogP contribution in [0, 0.1) is 0 Å². The van der Waals surface area contributed by atoms with Gasteiger partial charge in [-0.05, 0) is 17.5 Å². The normalized spacial score (nSPS) is 18.4. The van der Waals surface area contributed by atoms with E-state index in [0.717, 1.165) is 17.5 Å². The molecule has 110 valence electrons. The van der Waals surface area contributed by atoms with Crippen molar-refractivity contribution in [2.24, 2.45) is 0 Å². The molecular formula is C15H17N3O3. The first-order valence-corrected chi connectivity index (χ1v) is 7.05. The van der Waals surface area contributed by atoms with Gasteiger partial charge in [-0.2, -0.15) is 0 Å². The summed E-state index contributed by atoms with van der Waals surface area (Å²) in [6.07, 6.45) is 1.51. The van der Waals surface area contributed by atoms with Gasteiger partial charge in [0, 0.05) is 13.0 Å². The van der Waals surface area contributed by atoms with Crippen LogP contribution in [0.25, 0.3) is 0 Å². The zero-order valence-corrected chi connectivity index (χ0v) is 11.8. The molecule has 1 aromatic heterocycles. The Hall–Kier alpha value is -2.21. The highest BCUT2D eigenvalue weighted by Gasteiger charge is 2.33. The Morgan fingerprint density at radius 2 is 2.14 bits per heavy atom. The molecule has 1 N–H and O–H groups in total. The Balaban J connectivity index is 1.87. The third-order valence-corrected chi connectivity index (χ3v) is 3.77. The highest BCUT2D eigenvalue weighted by molar-refractivity contribution is 5.76. The lowest BCUT2D eigenvalue weighted by Crippen LogP contribution is -2.39. The molecule has 0 saturated carbocycles. The average Bonchev–Trinajstić information content (AvgIpc) is 2.94. The summed E-state index contributed by atoms with van der Waals surface area (Å²) in [6.45, 7) is 2.96. The molecule has 0 fully saturated rings. The van der Waals surface area contributed by atoms with Crippen LogP contribution in [0.1, 0.15) is 35.9 Å². The van der Waals surface area contributed by atoms with Gasteiger partial charge in [-0.3, -0.25) is 9.69 Å². The number of hydrogen-bond acceptors (Lipinski definition) is 5. The molecule has 6 nitrogen and oxygen atoms in total. The van der Waals surface area contributed by atoms with E-state index >= 15 is 0 Å². The van der Waals surface area contributed by atoms with Crippen LogP contribution in [0.2, 0.25) is 0 Å². The quantitative estimate of drug-likeness (QED) is 0.924. The fourth-order valence-corrected chi connectivity index (χ4v) is 2.75. The largest absolute Gasteiger partial charge is 0.480 e. The fraction of sp³-hybridized carbons (Fsp3) is 0.400. The summed E-state index contributed by atoms with van der Waals surface area (Å²) >= 11 is 0. The molecule has 1 atom stereocenters. The number of aromatic nitrogens is 2. The van der Waals surface area contributed by atoms with Crippen LogP contribution in [0.5, 0.6) is 0 Å². The van der Waals surface area contributed by atoms with Gasteiger partial charge in [0.2, 0.25) is 11.8 Å². The minimum atomic E-state index is -0.850. The number of carboxylic acids is 1. The van der Waals surface area contributed by atoms with Gasteiger partial charge in [0.05, 0.1) is 6.54 Å². The molecule has 3 rings (SSSR count). The van der Waals surface area contributed by atoms with E-state index in [1.807, 2.05) is 36.1 Å². The van der Waals surface area contributed by atoms with Gasteiger partial charge in [0.25, 0.3) is 0 Å². The van der Waals surface area contributed by atoms with E-state index in [2.05, 4.69) is 10.2 Å². The zero-order chi connectivity index (χ0) is 14.8. The predicted octanol–water partition coefficient (Wildman–Crippen LogP) is 1.82. The summed E-state index contributed by atoms with van der Waals surface area (Å²) in [7, 11) is 0. The molecule has 6 heteroatoms. The maximum Gasteiger partial charge on any atom is 0.325 e. The van der Waals surface area contributed by atoms with Crippen LogP contribution < -0.4 is 0 Å². The summed E-state index contributed by atoms with van der Waals surface area (Å²) in [5.74, 6) is 0.198. The minimum absolute atomic E-state index is 0.359. The predicted molar refractivity (Wildman–Crippen MR) is 74.6 cm³/mol. The maximum atomic E-state index is 11.7. The third kappa shape index (κ3) is 2.67. The Morgan fingerprint density at radius 3 is 2.86 bits per heavy atom. The second kappa shape index (κ2) is 5.65. The van der Waals surface area contributed by atoms with Crippen molar-refractivity contribution in [2.75, 3.05) is 6.54 Å². The topological polar surface area (TPSA) is 79.5 Å². The molecule has 1 aliphatic heterocycles. The first-order valence-electron chi connectivity index (χ1n) is 7.05. The summed E-state index contributed by atoms with van der Waals surface area (Å²) in [5.41, 5.74) is 1.95. The number of carboxylic acid groups (broad SMARTS) is 1. The second-order valence-electron chi connectivity index (χ2n) is 5.10. The number of aliphatic carboxylic acids is 1. The standard InChI is InChI=1S/C15H17N3O3/c1-2-12-16-17-13(21-12)9-18-8-7-10-5-3-4-6-11(10)14(18)15(19)20/h3-6,14H,2,7-9H2,1H3,(H,19,20). The van der Waals surface area contributed by atoms with Crippen molar-refractivity contribution >= 4 is 5.97 Å². The first-order chi connectivity index (χ1) is 10.2. The van der Waals surface area contributed by atoms with Gasteiger partial charge in [-0.25, -0.2) is 0 Å². The molecule has 0 saturated heterocycles. The van der Waals surface area contributed by atoms with E-state index in [9.17, 15) is 9.90 Å². The molecule has 0 bridgehead atoms. The molecule has 1 aromatic carbocycles. The smallest absolute Gasteiger partial charge is 0.325 e. The maximum absolute atomic E-state index is 11.7. The van der Waals surface area contributed by atoms with Gasteiger partial charge >= 0.3 is 5.97 Å². The van der Waals surface area contributed by atoms with E-state index in [-0.39, 0.29) is 0 Å². The molecule has 0 aliphatic carbocycles. The Labute approximate surface area is 122 Å². The number of aryl methyl sites for hydroxylation is 1. The van der Waals surface area contributed by atoms with E-state index in [1.54, 1.807) is 0 Å². The minimum Gasteiger partial charge on any atom is -0.480 e. The Morgan fingerprint density at radius 1 is 1.38 bits per heavy atom. The van der Waals surface area contributed by atoms with E-state index in [1.165, 1.54) is 0 Å². The van der Waals surface area contributed by atoms with Crippen LogP contribution in [0.4, 0.5) is 0 Å². The number of carbonyl (C=O) groups is 1.